The zero-order chi connectivity index (χ0) is 23.1. The van der Waals surface area contributed by atoms with Crippen LogP contribution < -0.4 is 0 Å². The van der Waals surface area contributed by atoms with Gasteiger partial charge in [-0.2, -0.15) is 50.5 Å². The third kappa shape index (κ3) is 58.5. The van der Waals surface area contributed by atoms with Gasteiger partial charge in [-0.15, -0.1) is 0 Å². The molecule has 0 aromatic heterocycles. The molecule has 18 nitrogen and oxygen atoms in total. The van der Waals surface area contributed by atoms with Crippen molar-refractivity contribution in [1.82, 2.24) is 0 Å². The van der Waals surface area contributed by atoms with Crippen LogP contribution in [0.25, 0.3) is 0 Å². The average molecular weight is 590 g/mol. The van der Waals surface area contributed by atoms with Gasteiger partial charge in [0.2, 0.25) is 15.3 Å². The highest BCUT2D eigenvalue weighted by molar-refractivity contribution is 8.03. The second kappa shape index (κ2) is 13.7. The first-order chi connectivity index (χ1) is 11.1. The lowest BCUT2D eigenvalue weighted by molar-refractivity contribution is 0.467. The van der Waals surface area contributed by atoms with Crippen molar-refractivity contribution in [3.63, 3.8) is 0 Å². The quantitative estimate of drug-likeness (QED) is 0.142. The summed E-state index contributed by atoms with van der Waals surface area (Å²) in [6, 6.07) is 0. The zero-order valence-electron chi connectivity index (χ0n) is 13.0. The molecule has 0 heterocycles. The van der Waals surface area contributed by atoms with Crippen LogP contribution in [-0.4, -0.2) is 93.1 Å². The molecule has 0 aromatic carbocycles. The molecule has 6 radical (unpaired) electrons. The van der Waals surface area contributed by atoms with Gasteiger partial charge in [0.1, 0.15) is 0 Å². The fraction of sp³-hybridized carbons (Fsp3) is 1.00. The second-order valence-corrected chi connectivity index (χ2v) is 13.7. The molecule has 6 N–H and O–H groups in total. The van der Waals surface area contributed by atoms with Crippen LogP contribution in [0.15, 0.2) is 0 Å². The van der Waals surface area contributed by atoms with E-state index >= 15 is 0 Å². The molecule has 0 bridgehead atoms. The van der Waals surface area contributed by atoms with Crippen LogP contribution in [0.4, 0.5) is 0 Å². The van der Waals surface area contributed by atoms with Crippen molar-refractivity contribution in [1.29, 1.82) is 0 Å². The molecule has 0 spiro atoms. The Balaban J connectivity index is -0.0000000960. The summed E-state index contributed by atoms with van der Waals surface area (Å²) >= 11 is 0. The monoisotopic (exact) mass is 590 g/mol. The van der Waals surface area contributed by atoms with Gasteiger partial charge in [0.15, 0.2) is 0 Å². The van der Waals surface area contributed by atoms with Crippen LogP contribution in [0.5, 0.6) is 0 Å². The molecule has 0 saturated heterocycles. The normalized spacial score (nSPS) is 12.6. The van der Waals surface area contributed by atoms with Gasteiger partial charge in [-0.25, -0.2) is 0 Å². The van der Waals surface area contributed by atoms with Crippen molar-refractivity contribution in [2.24, 2.45) is 0 Å². The van der Waals surface area contributed by atoms with Crippen LogP contribution in [0.2, 0.25) is 0 Å². The minimum absolute atomic E-state index is 0. The molecular formula is C3H12O18P2S6. The number of hydrogen-bond donors (Lipinski definition) is 6. The first-order valence-electron chi connectivity index (χ1n) is 4.83. The minimum Gasteiger partial charge on any atom is -0.285 e. The van der Waals surface area contributed by atoms with Crippen LogP contribution in [0.1, 0.15) is 0 Å². The first kappa shape index (κ1) is 39.8. The van der Waals surface area contributed by atoms with Gasteiger partial charge in [-0.3, -0.25) is 27.3 Å². The molecule has 0 aliphatic rings. The number of hydrogen-bond acceptors (Lipinski definition) is 12. The van der Waals surface area contributed by atoms with E-state index in [1.165, 1.54) is 0 Å². The van der Waals surface area contributed by atoms with E-state index in [9.17, 15) is 50.5 Å². The molecule has 0 aliphatic carbocycles. The topological polar surface area (TPSA) is 326 Å². The van der Waals surface area contributed by atoms with Gasteiger partial charge in [-0.1, -0.05) is 0 Å². The van der Waals surface area contributed by atoms with Crippen molar-refractivity contribution in [2.45, 2.75) is 0 Å². The maximum Gasteiger partial charge on any atom is 0.281 e. The Bertz CT molecular complexity index is 866. The highest BCUT2D eigenvalue weighted by atomic mass is 32.3. The van der Waals surface area contributed by atoms with Gasteiger partial charge in [-0.05, 0) is 0 Å². The maximum atomic E-state index is 9.66. The molecule has 29 heavy (non-hydrogen) atoms. The van der Waals surface area contributed by atoms with E-state index < -0.39 is 76.0 Å². The molecular weight excluding hydrogens is 578 g/mol. The molecule has 0 rings (SSSR count). The molecule has 0 atom stereocenters. The SMILES string of the molecule is O=S(=O)(O)CS(=O)(=O)O.O=S(=O)(O)CS(=O)(=O)O.O=S(=O)(O)CS(=O)(=O)O.[P].[P]. The Labute approximate surface area is 173 Å². The lowest BCUT2D eigenvalue weighted by Crippen LogP contribution is -2.13. The number of rotatable bonds is 6. The zero-order valence-corrected chi connectivity index (χ0v) is 19.7. The summed E-state index contributed by atoms with van der Waals surface area (Å²) in [6.45, 7) is 0. The Morgan fingerprint density at radius 3 is 0.379 bits per heavy atom. The van der Waals surface area contributed by atoms with E-state index in [1.807, 2.05) is 0 Å². The predicted molar refractivity (Wildman–Crippen MR) is 97.7 cm³/mol. The molecule has 26 heteroatoms. The third-order valence-electron chi connectivity index (χ3n) is 0.894. The highest BCUT2D eigenvalue weighted by Gasteiger charge is 2.16. The Hall–Kier alpha value is 0.320. The van der Waals surface area contributed by atoms with Crippen LogP contribution in [0.3, 0.4) is 0 Å². The van der Waals surface area contributed by atoms with E-state index in [0.717, 1.165) is 0 Å². The smallest absolute Gasteiger partial charge is 0.281 e. The summed E-state index contributed by atoms with van der Waals surface area (Å²) in [7, 11) is -27.7. The molecule has 0 aromatic rings. The van der Waals surface area contributed by atoms with Gasteiger partial charge >= 0.3 is 0 Å². The molecule has 178 valence electrons. The van der Waals surface area contributed by atoms with E-state index in [0.29, 0.717) is 0 Å². The fourth-order valence-electron chi connectivity index (χ4n) is 0.565. The Morgan fingerprint density at radius 2 is 0.379 bits per heavy atom. The summed E-state index contributed by atoms with van der Waals surface area (Å²) in [5.41, 5.74) is 0. The first-order valence-corrected chi connectivity index (χ1v) is 14.5. The molecule has 0 aliphatic heterocycles. The summed E-state index contributed by atoms with van der Waals surface area (Å²) in [5.74, 6) is 0. The van der Waals surface area contributed by atoms with Crippen molar-refractivity contribution in [2.75, 3.05) is 15.3 Å². The van der Waals surface area contributed by atoms with Crippen LogP contribution in [-0.2, 0) is 60.7 Å². The maximum absolute atomic E-state index is 9.66. The fourth-order valence-corrected chi connectivity index (χ4v) is 5.08. The summed E-state index contributed by atoms with van der Waals surface area (Å²) in [5, 5.41) is -4.96. The van der Waals surface area contributed by atoms with E-state index in [1.54, 1.807) is 0 Å². The van der Waals surface area contributed by atoms with Gasteiger partial charge < -0.3 is 0 Å². The second-order valence-electron chi connectivity index (χ2n) is 3.85. The highest BCUT2D eigenvalue weighted by Crippen LogP contribution is 1.89. The third-order valence-corrected chi connectivity index (χ3v) is 8.04. The lowest BCUT2D eigenvalue weighted by Gasteiger charge is -1.89. The van der Waals surface area contributed by atoms with Crippen LogP contribution >= 0.6 is 19.8 Å². The Morgan fingerprint density at radius 1 is 0.310 bits per heavy atom. The molecule has 0 saturated carbocycles. The van der Waals surface area contributed by atoms with E-state index in [2.05, 4.69) is 0 Å². The Kier molecular flexibility index (Phi) is 18.7. The predicted octanol–water partition coefficient (Wildman–Crippen LogP) is -2.12. The largest absolute Gasteiger partial charge is 0.285 e. The van der Waals surface area contributed by atoms with Crippen molar-refractivity contribution in [3.05, 3.63) is 0 Å². The summed E-state index contributed by atoms with van der Waals surface area (Å²) in [4.78, 5) is 0. The van der Waals surface area contributed by atoms with E-state index in [4.69, 9.17) is 27.3 Å². The van der Waals surface area contributed by atoms with Gasteiger partial charge in [0, 0.05) is 19.8 Å². The summed E-state index contributed by atoms with van der Waals surface area (Å²) < 4.78 is 163. The molecule has 0 amide bonds. The average Bonchev–Trinajstić information content (AvgIpc) is 1.96. The van der Waals surface area contributed by atoms with Crippen molar-refractivity contribution < 1.29 is 77.8 Å². The van der Waals surface area contributed by atoms with Gasteiger partial charge in [0.05, 0.1) is 0 Å². The van der Waals surface area contributed by atoms with Crippen molar-refractivity contribution >= 4 is 80.5 Å². The van der Waals surface area contributed by atoms with Crippen LogP contribution in [0, 0.1) is 0 Å². The van der Waals surface area contributed by atoms with E-state index in [-0.39, 0.29) is 19.8 Å². The van der Waals surface area contributed by atoms with Gasteiger partial charge in [0.25, 0.3) is 60.7 Å². The molecule has 0 unspecified atom stereocenters. The van der Waals surface area contributed by atoms with Crippen molar-refractivity contribution in [3.8, 4) is 0 Å². The minimum atomic E-state index is -4.62. The summed E-state index contributed by atoms with van der Waals surface area (Å²) in [6.07, 6.45) is 0. The lowest BCUT2D eigenvalue weighted by atomic mass is 11.9. The molecule has 0 fully saturated rings. The standard InChI is InChI=1S/3CH4O6S2.2P/c3*2-8(3,4)1-9(5,6)7;;/h3*1H2,(H,2,3,4)(H,5,6,7);;.